The molecule has 1 aromatic heterocycles. The van der Waals surface area contributed by atoms with E-state index in [1.165, 1.54) is 17.1 Å². The fourth-order valence-corrected chi connectivity index (χ4v) is 2.20. The van der Waals surface area contributed by atoms with E-state index in [-0.39, 0.29) is 5.91 Å². The number of rotatable bonds is 7. The Bertz CT molecular complexity index is 692. The summed E-state index contributed by atoms with van der Waals surface area (Å²) in [6.45, 7) is 2.92. The Balaban J connectivity index is 2.20. The lowest BCUT2D eigenvalue weighted by molar-refractivity contribution is 0.0768. The lowest BCUT2D eigenvalue weighted by Crippen LogP contribution is -2.33. The highest BCUT2D eigenvalue weighted by atomic mass is 16.2. The largest absolute Gasteiger partial charge is 0.405 e. The maximum absolute atomic E-state index is 12.8. The summed E-state index contributed by atoms with van der Waals surface area (Å²) in [7, 11) is 0. The van der Waals surface area contributed by atoms with E-state index in [0.29, 0.717) is 36.5 Å². The number of amides is 1. The monoisotopic (exact) mass is 312 g/mol. The quantitative estimate of drug-likeness (QED) is 0.758. The van der Waals surface area contributed by atoms with Crippen LogP contribution in [0.1, 0.15) is 23.7 Å². The molecule has 2 aromatic rings. The van der Waals surface area contributed by atoms with Crippen molar-refractivity contribution in [3.05, 3.63) is 54.5 Å². The third-order valence-electron chi connectivity index (χ3n) is 3.39. The molecule has 0 unspecified atom stereocenters. The molecule has 0 spiro atoms. The van der Waals surface area contributed by atoms with Gasteiger partial charge in [0.2, 0.25) is 0 Å². The standard InChI is InChI=1S/C16H20N6O/c1-2-21(12-8-13(18)7-9-17)16(23)14-5-3-4-6-15(14)22-19-10-11-20-22/h3-7,9-11,18H,2,8,12,17H2,1H3/b9-7-,18-13?. The van der Waals surface area contributed by atoms with Gasteiger partial charge in [-0.3, -0.25) is 4.79 Å². The van der Waals surface area contributed by atoms with Gasteiger partial charge in [-0.25, -0.2) is 0 Å². The van der Waals surface area contributed by atoms with Gasteiger partial charge in [0.05, 0.1) is 23.6 Å². The van der Waals surface area contributed by atoms with Gasteiger partial charge in [-0.2, -0.15) is 15.0 Å². The number of nitrogens with two attached hydrogens (primary N) is 1. The molecule has 1 amide bonds. The first kappa shape index (κ1) is 16.4. The number of hydrogen-bond donors (Lipinski definition) is 2. The van der Waals surface area contributed by atoms with Crippen LogP contribution in [-0.2, 0) is 0 Å². The van der Waals surface area contributed by atoms with Crippen LogP contribution >= 0.6 is 0 Å². The molecule has 1 heterocycles. The molecule has 1 aromatic carbocycles. The second kappa shape index (κ2) is 7.88. The van der Waals surface area contributed by atoms with Crippen molar-refractivity contribution in [3.63, 3.8) is 0 Å². The number of carbonyl (C=O) groups is 1. The summed E-state index contributed by atoms with van der Waals surface area (Å²) < 4.78 is 0. The molecule has 23 heavy (non-hydrogen) atoms. The molecule has 3 N–H and O–H groups in total. The normalized spacial score (nSPS) is 10.8. The first-order valence-electron chi connectivity index (χ1n) is 7.38. The highest BCUT2D eigenvalue weighted by molar-refractivity contribution is 5.98. The molecule has 120 valence electrons. The fourth-order valence-electron chi connectivity index (χ4n) is 2.20. The molecule has 2 rings (SSSR count). The molecule has 0 saturated heterocycles. The van der Waals surface area contributed by atoms with Crippen molar-refractivity contribution in [2.24, 2.45) is 5.73 Å². The van der Waals surface area contributed by atoms with Crippen LogP contribution in [-0.4, -0.2) is 44.6 Å². The summed E-state index contributed by atoms with van der Waals surface area (Å²) >= 11 is 0. The van der Waals surface area contributed by atoms with Crippen molar-refractivity contribution in [2.45, 2.75) is 13.3 Å². The Hall–Kier alpha value is -2.96. The smallest absolute Gasteiger partial charge is 0.256 e. The van der Waals surface area contributed by atoms with Crippen molar-refractivity contribution in [2.75, 3.05) is 13.1 Å². The molecule has 7 nitrogen and oxygen atoms in total. The van der Waals surface area contributed by atoms with Gasteiger partial charge in [-0.15, -0.1) is 0 Å². The first-order chi connectivity index (χ1) is 11.2. The predicted molar refractivity (Wildman–Crippen MR) is 88.6 cm³/mol. The van der Waals surface area contributed by atoms with E-state index in [1.54, 1.807) is 29.4 Å². The highest BCUT2D eigenvalue weighted by Crippen LogP contribution is 2.15. The van der Waals surface area contributed by atoms with E-state index in [4.69, 9.17) is 11.1 Å². The molecule has 0 fully saturated rings. The van der Waals surface area contributed by atoms with Gasteiger partial charge in [-0.1, -0.05) is 12.1 Å². The molecular weight excluding hydrogens is 292 g/mol. The zero-order valence-electron chi connectivity index (χ0n) is 13.0. The van der Waals surface area contributed by atoms with Crippen molar-refractivity contribution in [3.8, 4) is 5.69 Å². The van der Waals surface area contributed by atoms with Crippen LogP contribution in [0.4, 0.5) is 0 Å². The number of nitrogens with one attached hydrogen (secondary N) is 1. The van der Waals surface area contributed by atoms with E-state index in [1.807, 2.05) is 19.1 Å². The topological polar surface area (TPSA) is 101 Å². The molecule has 7 heteroatoms. The van der Waals surface area contributed by atoms with Crippen LogP contribution < -0.4 is 5.73 Å². The average Bonchev–Trinajstić information content (AvgIpc) is 3.10. The van der Waals surface area contributed by atoms with E-state index in [2.05, 4.69) is 10.2 Å². The second-order valence-corrected chi connectivity index (χ2v) is 4.85. The molecule has 0 bridgehead atoms. The fraction of sp³-hybridized carbons (Fsp3) is 0.250. The van der Waals surface area contributed by atoms with Gasteiger partial charge >= 0.3 is 0 Å². The molecule has 0 aliphatic carbocycles. The SMILES string of the molecule is CCN(CCC(=N)/C=C\N)C(=O)c1ccccc1-n1nccn1. The number of carbonyl (C=O) groups excluding carboxylic acids is 1. The van der Waals surface area contributed by atoms with Gasteiger partial charge in [0, 0.05) is 25.2 Å². The van der Waals surface area contributed by atoms with E-state index in [0.717, 1.165) is 0 Å². The number of benzene rings is 1. The maximum Gasteiger partial charge on any atom is 0.256 e. The van der Waals surface area contributed by atoms with Crippen molar-refractivity contribution in [1.82, 2.24) is 19.9 Å². The number of allylic oxidation sites excluding steroid dienone is 1. The Labute approximate surface area is 134 Å². The molecule has 0 saturated carbocycles. The van der Waals surface area contributed by atoms with E-state index >= 15 is 0 Å². The van der Waals surface area contributed by atoms with Gasteiger partial charge < -0.3 is 16.0 Å². The number of hydrogen-bond acceptors (Lipinski definition) is 5. The maximum atomic E-state index is 12.8. The average molecular weight is 312 g/mol. The number of aromatic nitrogens is 3. The van der Waals surface area contributed by atoms with Crippen LogP contribution in [0, 0.1) is 5.41 Å². The van der Waals surface area contributed by atoms with Gasteiger partial charge in [0.15, 0.2) is 0 Å². The summed E-state index contributed by atoms with van der Waals surface area (Å²) in [5.41, 5.74) is 6.83. The van der Waals surface area contributed by atoms with E-state index in [9.17, 15) is 4.79 Å². The Kier molecular flexibility index (Phi) is 5.62. The number of para-hydroxylation sites is 1. The molecule has 0 aliphatic rings. The summed E-state index contributed by atoms with van der Waals surface area (Å²) in [6.07, 6.45) is 6.45. The van der Waals surface area contributed by atoms with Gasteiger partial charge in [-0.05, 0) is 31.3 Å². The minimum atomic E-state index is -0.107. The molecule has 0 aliphatic heterocycles. The molecule has 0 radical (unpaired) electrons. The zero-order valence-corrected chi connectivity index (χ0v) is 13.0. The third kappa shape index (κ3) is 4.03. The van der Waals surface area contributed by atoms with Gasteiger partial charge in [0.25, 0.3) is 5.91 Å². The van der Waals surface area contributed by atoms with Crippen LogP contribution in [0.25, 0.3) is 5.69 Å². The van der Waals surface area contributed by atoms with Crippen molar-refractivity contribution in [1.29, 1.82) is 5.41 Å². The Morgan fingerprint density at radius 2 is 2.04 bits per heavy atom. The lowest BCUT2D eigenvalue weighted by atomic mass is 10.1. The molecular formula is C16H20N6O. The van der Waals surface area contributed by atoms with Crippen LogP contribution in [0.15, 0.2) is 48.9 Å². The van der Waals surface area contributed by atoms with Crippen molar-refractivity contribution < 1.29 is 4.79 Å². The summed E-state index contributed by atoms with van der Waals surface area (Å²) in [5, 5.41) is 15.9. The predicted octanol–water partition coefficient (Wildman–Crippen LogP) is 1.61. The molecule has 0 atom stereocenters. The third-order valence-corrected chi connectivity index (χ3v) is 3.39. The first-order valence-corrected chi connectivity index (χ1v) is 7.38. The highest BCUT2D eigenvalue weighted by Gasteiger charge is 2.19. The second-order valence-electron chi connectivity index (χ2n) is 4.85. The van der Waals surface area contributed by atoms with Crippen molar-refractivity contribution >= 4 is 11.6 Å². The Morgan fingerprint density at radius 3 is 2.70 bits per heavy atom. The lowest BCUT2D eigenvalue weighted by Gasteiger charge is -2.22. The van der Waals surface area contributed by atoms with Gasteiger partial charge in [0.1, 0.15) is 0 Å². The van der Waals surface area contributed by atoms with Crippen LogP contribution in [0.2, 0.25) is 0 Å². The number of nitrogens with zero attached hydrogens (tertiary/aromatic N) is 4. The summed E-state index contributed by atoms with van der Waals surface area (Å²) in [4.78, 5) is 15.9. The van der Waals surface area contributed by atoms with E-state index < -0.39 is 0 Å². The summed E-state index contributed by atoms with van der Waals surface area (Å²) in [5.74, 6) is -0.107. The van der Waals surface area contributed by atoms with Crippen LogP contribution in [0.5, 0.6) is 0 Å². The Morgan fingerprint density at radius 1 is 1.35 bits per heavy atom. The zero-order chi connectivity index (χ0) is 16.7. The van der Waals surface area contributed by atoms with Crippen LogP contribution in [0.3, 0.4) is 0 Å². The minimum absolute atomic E-state index is 0.107. The minimum Gasteiger partial charge on any atom is -0.405 e. The summed E-state index contributed by atoms with van der Waals surface area (Å²) in [6, 6.07) is 7.22.